The zero-order chi connectivity index (χ0) is 29.1. The normalized spacial score (nSPS) is 13.3. The van der Waals surface area contributed by atoms with Crippen molar-refractivity contribution in [1.29, 1.82) is 0 Å². The minimum atomic E-state index is -0.857. The van der Waals surface area contributed by atoms with Crippen molar-refractivity contribution in [1.82, 2.24) is 5.06 Å². The number of imide groups is 1. The van der Waals surface area contributed by atoms with E-state index in [9.17, 15) is 19.2 Å². The fraction of sp³-hybridized carbons (Fsp3) is 0.840. The van der Waals surface area contributed by atoms with Crippen LogP contribution in [-0.2, 0) is 66.6 Å². The summed E-state index contributed by atoms with van der Waals surface area (Å²) in [5.74, 6) is -2.63. The smallest absolute Gasteiger partial charge is 0.333 e. The van der Waals surface area contributed by atoms with E-state index in [2.05, 4.69) is 4.84 Å². The molecule has 0 atom stereocenters. The van der Waals surface area contributed by atoms with Gasteiger partial charge in [-0.3, -0.25) is 14.4 Å². The van der Waals surface area contributed by atoms with Crippen LogP contribution in [0, 0.1) is 0 Å². The molecule has 1 fully saturated rings. The van der Waals surface area contributed by atoms with Gasteiger partial charge in [0.2, 0.25) is 0 Å². The van der Waals surface area contributed by atoms with E-state index in [0.717, 1.165) is 0 Å². The van der Waals surface area contributed by atoms with Gasteiger partial charge in [-0.2, -0.15) is 0 Å². The van der Waals surface area contributed by atoms with Crippen molar-refractivity contribution in [3.63, 3.8) is 0 Å². The predicted octanol–water partition coefficient (Wildman–Crippen LogP) is -0.320. The van der Waals surface area contributed by atoms with Crippen molar-refractivity contribution < 1.29 is 66.6 Å². The minimum Gasteiger partial charge on any atom is -0.463 e. The molecule has 40 heavy (non-hydrogen) atoms. The largest absolute Gasteiger partial charge is 0.463 e. The fourth-order valence-electron chi connectivity index (χ4n) is 2.86. The number of ether oxygens (including phenoxy) is 9. The Labute approximate surface area is 234 Å². The quantitative estimate of drug-likeness (QED) is 0.0671. The predicted molar refractivity (Wildman–Crippen MR) is 135 cm³/mol. The second-order valence-corrected chi connectivity index (χ2v) is 8.05. The van der Waals surface area contributed by atoms with Gasteiger partial charge in [-0.1, -0.05) is 0 Å². The molecule has 0 bridgehead atoms. The summed E-state index contributed by atoms with van der Waals surface area (Å²) in [7, 11) is 1.63. The average Bonchev–Trinajstić information content (AvgIpc) is 3.26. The van der Waals surface area contributed by atoms with Crippen LogP contribution in [-0.4, -0.2) is 142 Å². The van der Waals surface area contributed by atoms with E-state index >= 15 is 0 Å². The molecule has 0 unspecified atom stereocenters. The molecule has 0 saturated carbocycles. The minimum absolute atomic E-state index is 0.00556. The molecule has 0 N–H and O–H groups in total. The van der Waals surface area contributed by atoms with Crippen LogP contribution in [0.4, 0.5) is 0 Å². The highest BCUT2D eigenvalue weighted by Crippen LogP contribution is 2.13. The summed E-state index contributed by atoms with van der Waals surface area (Å²) in [4.78, 5) is 50.7. The van der Waals surface area contributed by atoms with Crippen LogP contribution in [0.3, 0.4) is 0 Å². The second-order valence-electron chi connectivity index (χ2n) is 8.05. The van der Waals surface area contributed by atoms with E-state index in [1.807, 2.05) is 0 Å². The van der Waals surface area contributed by atoms with Crippen molar-refractivity contribution >= 4 is 23.8 Å². The van der Waals surface area contributed by atoms with Crippen molar-refractivity contribution in [2.24, 2.45) is 0 Å². The number of carbonyl (C=O) groups excluding carboxylic acids is 4. The average molecular weight is 582 g/mol. The lowest BCUT2D eigenvalue weighted by Crippen LogP contribution is -2.32. The molecule has 0 aromatic heterocycles. The van der Waals surface area contributed by atoms with Crippen LogP contribution in [0.5, 0.6) is 0 Å². The molecule has 1 heterocycles. The molecule has 0 aliphatic carbocycles. The maximum atomic E-state index is 11.6. The van der Waals surface area contributed by atoms with Gasteiger partial charge in [0.05, 0.1) is 112 Å². The van der Waals surface area contributed by atoms with Gasteiger partial charge >= 0.3 is 11.9 Å². The topological polar surface area (TPSA) is 164 Å². The third kappa shape index (κ3) is 20.6. The van der Waals surface area contributed by atoms with E-state index in [4.69, 9.17) is 42.6 Å². The zero-order valence-corrected chi connectivity index (χ0v) is 23.3. The van der Waals surface area contributed by atoms with Gasteiger partial charge in [-0.15, -0.1) is 5.06 Å². The molecule has 15 nitrogen and oxygen atoms in total. The van der Waals surface area contributed by atoms with Crippen LogP contribution in [0.25, 0.3) is 0 Å². The molecule has 0 aromatic rings. The first-order valence-electron chi connectivity index (χ1n) is 13.3. The van der Waals surface area contributed by atoms with Crippen LogP contribution >= 0.6 is 0 Å². The molecule has 1 aliphatic rings. The number of carbonyl (C=O) groups is 4. The number of rotatable bonds is 28. The van der Waals surface area contributed by atoms with Gasteiger partial charge in [-0.05, 0) is 0 Å². The van der Waals surface area contributed by atoms with Crippen LogP contribution in [0.15, 0.2) is 0 Å². The lowest BCUT2D eigenvalue weighted by Gasteiger charge is -2.12. The van der Waals surface area contributed by atoms with E-state index in [-0.39, 0.29) is 38.9 Å². The SMILES string of the molecule is COCCOCCOCCOCCOCCOCCOCCOCCOC(=O)CCC(=O)ON1C(=O)CCC1=O. The highest BCUT2D eigenvalue weighted by molar-refractivity contribution is 6.01. The first-order valence-corrected chi connectivity index (χ1v) is 13.3. The highest BCUT2D eigenvalue weighted by atomic mass is 16.7. The summed E-state index contributed by atoms with van der Waals surface area (Å²) in [6, 6.07) is 0. The molecular weight excluding hydrogens is 538 g/mol. The lowest BCUT2D eigenvalue weighted by atomic mass is 10.3. The highest BCUT2D eigenvalue weighted by Gasteiger charge is 2.32. The summed E-state index contributed by atoms with van der Waals surface area (Å²) in [6.07, 6.45) is -0.534. The van der Waals surface area contributed by atoms with Crippen molar-refractivity contribution in [3.8, 4) is 0 Å². The molecule has 1 aliphatic heterocycles. The molecule has 15 heteroatoms. The standard InChI is InChI=1S/C25H43NO14/c1-31-6-7-32-8-9-33-10-11-34-12-13-35-14-15-36-16-17-37-18-19-38-20-21-39-24(29)4-5-25(30)40-26-22(27)2-3-23(26)28/h2-21H2,1H3. The molecule has 232 valence electrons. The Bertz CT molecular complexity index is 676. The van der Waals surface area contributed by atoms with E-state index < -0.39 is 23.8 Å². The summed E-state index contributed by atoms with van der Waals surface area (Å²) >= 11 is 0. The summed E-state index contributed by atoms with van der Waals surface area (Å²) in [5.41, 5.74) is 0. The first-order chi connectivity index (χ1) is 19.5. The molecule has 0 spiro atoms. The van der Waals surface area contributed by atoms with Gasteiger partial charge in [0.25, 0.3) is 11.8 Å². The number of hydroxylamine groups is 2. The van der Waals surface area contributed by atoms with Crippen LogP contribution < -0.4 is 0 Å². The number of esters is 1. The Kier molecular flexibility index (Phi) is 23.0. The Hall–Kier alpha value is -2.24. The lowest BCUT2D eigenvalue weighted by molar-refractivity contribution is -0.197. The summed E-state index contributed by atoms with van der Waals surface area (Å²) < 4.78 is 47.3. The Morgan fingerprint density at radius 2 is 0.850 bits per heavy atom. The molecule has 1 saturated heterocycles. The van der Waals surface area contributed by atoms with Crippen molar-refractivity contribution in [2.45, 2.75) is 25.7 Å². The number of hydrogen-bond acceptors (Lipinski definition) is 14. The first kappa shape index (κ1) is 35.8. The van der Waals surface area contributed by atoms with Crippen molar-refractivity contribution in [2.75, 3.05) is 113 Å². The van der Waals surface area contributed by atoms with Gasteiger partial charge in [0.15, 0.2) is 0 Å². The molecule has 1 rings (SSSR count). The van der Waals surface area contributed by atoms with E-state index in [0.29, 0.717) is 97.6 Å². The second kappa shape index (κ2) is 25.7. The third-order valence-corrected chi connectivity index (χ3v) is 4.89. The number of methoxy groups -OCH3 is 1. The zero-order valence-electron chi connectivity index (χ0n) is 23.3. The number of hydrogen-bond donors (Lipinski definition) is 0. The molecular formula is C25H43NO14. The Balaban J connectivity index is 1.73. The number of amides is 2. The van der Waals surface area contributed by atoms with E-state index in [1.165, 1.54) is 0 Å². The van der Waals surface area contributed by atoms with Crippen LogP contribution in [0.1, 0.15) is 25.7 Å². The third-order valence-electron chi connectivity index (χ3n) is 4.89. The number of nitrogens with zero attached hydrogens (tertiary/aromatic N) is 1. The van der Waals surface area contributed by atoms with Crippen molar-refractivity contribution in [3.05, 3.63) is 0 Å². The van der Waals surface area contributed by atoms with E-state index in [1.54, 1.807) is 7.11 Å². The van der Waals surface area contributed by atoms with Gasteiger partial charge in [-0.25, -0.2) is 4.79 Å². The van der Waals surface area contributed by atoms with Gasteiger partial charge in [0, 0.05) is 20.0 Å². The molecule has 0 aromatic carbocycles. The maximum absolute atomic E-state index is 11.6. The maximum Gasteiger partial charge on any atom is 0.333 e. The van der Waals surface area contributed by atoms with Crippen LogP contribution in [0.2, 0.25) is 0 Å². The van der Waals surface area contributed by atoms with Gasteiger partial charge < -0.3 is 47.5 Å². The Morgan fingerprint density at radius 3 is 1.23 bits per heavy atom. The monoisotopic (exact) mass is 581 g/mol. The molecule has 2 amide bonds. The van der Waals surface area contributed by atoms with Gasteiger partial charge in [0.1, 0.15) is 6.61 Å². The molecule has 0 radical (unpaired) electrons. The summed E-state index contributed by atoms with van der Waals surface area (Å²) in [6.45, 7) is 6.75. The summed E-state index contributed by atoms with van der Waals surface area (Å²) in [5, 5.41) is 0.438. The fourth-order valence-corrected chi connectivity index (χ4v) is 2.86. The Morgan fingerprint density at radius 1 is 0.525 bits per heavy atom.